The molecule has 2 rings (SSSR count). The lowest BCUT2D eigenvalue weighted by Crippen LogP contribution is -2.48. The third kappa shape index (κ3) is 17.9. The number of aromatic amines is 2. The van der Waals surface area contributed by atoms with E-state index in [1.54, 1.807) is 0 Å². The van der Waals surface area contributed by atoms with E-state index in [-0.39, 0.29) is 23.0 Å². The summed E-state index contributed by atoms with van der Waals surface area (Å²) in [5, 5.41) is 10.6. The highest BCUT2D eigenvalue weighted by Gasteiger charge is 2.36. The fourth-order valence-corrected chi connectivity index (χ4v) is 11.0. The van der Waals surface area contributed by atoms with Crippen LogP contribution in [0, 0.1) is 0 Å². The van der Waals surface area contributed by atoms with Crippen LogP contribution in [-0.2, 0) is 25.8 Å². The lowest BCUT2D eigenvalue weighted by atomic mass is 10.2. The number of unbranched alkanes of at least 4 members (excludes halogenated alkanes) is 4. The Morgan fingerprint density at radius 1 is 0.681 bits per heavy atom. The molecule has 4 amide bonds. The van der Waals surface area contributed by atoms with Gasteiger partial charge in [0, 0.05) is 49.8 Å². The van der Waals surface area contributed by atoms with Crippen molar-refractivity contribution in [2.24, 2.45) is 0 Å². The van der Waals surface area contributed by atoms with Crippen LogP contribution >= 0.6 is 0 Å². The van der Waals surface area contributed by atoms with Gasteiger partial charge in [0.1, 0.15) is 0 Å². The second kappa shape index (κ2) is 20.8. The van der Waals surface area contributed by atoms with Crippen molar-refractivity contribution in [3.63, 3.8) is 0 Å². The van der Waals surface area contributed by atoms with Crippen molar-refractivity contribution in [1.29, 1.82) is 0 Å². The van der Waals surface area contributed by atoms with Crippen molar-refractivity contribution < 1.29 is 22.6 Å². The fraction of sp³-hybridized carbons (Fsp3) is 0.667. The largest absolute Gasteiger partial charge is 0.415 e. The maximum atomic E-state index is 12.0. The summed E-state index contributed by atoms with van der Waals surface area (Å²) in [6, 6.07) is 2.08. The lowest BCUT2D eigenvalue weighted by molar-refractivity contribution is 0.191. The first-order chi connectivity index (χ1) is 22.3. The smallest absolute Gasteiger partial charge is 0.322 e. The first-order valence-corrected chi connectivity index (χ1v) is 22.2. The van der Waals surface area contributed by atoms with E-state index in [1.807, 2.05) is 40.0 Å². The number of H-pyrrole nitrogens is 2. The number of hydrogen-bond donors (Lipinski definition) is 6. The van der Waals surface area contributed by atoms with Gasteiger partial charge in [-0.05, 0) is 77.6 Å². The monoisotopic (exact) mass is 694 g/mol. The molecular formula is C30H54N8O7Si2. The molecule has 0 unspecified atom stereocenters. The van der Waals surface area contributed by atoms with Gasteiger partial charge in [-0.1, -0.05) is 26.7 Å². The highest BCUT2D eigenvalue weighted by Crippen LogP contribution is 2.18. The first kappa shape index (κ1) is 39.8. The van der Waals surface area contributed by atoms with Crippen molar-refractivity contribution >= 4 is 41.1 Å². The van der Waals surface area contributed by atoms with Gasteiger partial charge >= 0.3 is 29.2 Å². The molecule has 0 saturated heterocycles. The molecule has 17 heteroatoms. The predicted molar refractivity (Wildman–Crippen MR) is 187 cm³/mol. The van der Waals surface area contributed by atoms with E-state index in [0.29, 0.717) is 50.5 Å². The molecular weight excluding hydrogens is 641 g/mol. The molecule has 0 aromatic carbocycles. The van der Waals surface area contributed by atoms with Crippen LogP contribution in [0.25, 0.3) is 0 Å². The summed E-state index contributed by atoms with van der Waals surface area (Å²) in [6.07, 6.45) is 7.86. The predicted octanol–water partition coefficient (Wildman–Crippen LogP) is 4.50. The zero-order valence-electron chi connectivity index (χ0n) is 28.8. The van der Waals surface area contributed by atoms with Gasteiger partial charge in [0.15, 0.2) is 0 Å². The number of rotatable bonds is 22. The maximum Gasteiger partial charge on any atom is 0.322 e. The van der Waals surface area contributed by atoms with Gasteiger partial charge in [0.05, 0.1) is 0 Å². The maximum absolute atomic E-state index is 12.0. The molecule has 2 aromatic rings. The third-order valence-electron chi connectivity index (χ3n) is 6.73. The topological polar surface area (TPSA) is 201 Å². The van der Waals surface area contributed by atoms with Crippen LogP contribution in [0.3, 0.4) is 0 Å². The summed E-state index contributed by atoms with van der Waals surface area (Å²) in [6.45, 7) is 14.2. The minimum Gasteiger partial charge on any atom is -0.415 e. The Labute approximate surface area is 279 Å². The number of anilines is 2. The van der Waals surface area contributed by atoms with Crippen molar-refractivity contribution in [2.75, 3.05) is 36.9 Å². The molecule has 0 radical (unpaired) electrons. The summed E-state index contributed by atoms with van der Waals surface area (Å²) in [7, 11) is -4.91. The van der Waals surface area contributed by atoms with E-state index in [0.717, 1.165) is 51.4 Å². The van der Waals surface area contributed by atoms with Gasteiger partial charge in [-0.25, -0.2) is 19.6 Å². The minimum atomic E-state index is -2.45. The van der Waals surface area contributed by atoms with Crippen molar-refractivity contribution in [2.45, 2.75) is 104 Å². The molecule has 47 heavy (non-hydrogen) atoms. The van der Waals surface area contributed by atoms with E-state index >= 15 is 0 Å². The molecule has 0 aliphatic heterocycles. The number of carbonyl (C=O) groups excluding carboxylic acids is 2. The SMILES string of the molecule is CCCCNC(=O)Nc1nc(CCCCO[Si](C)(C)O[Si](C)(C)OCCCCc2cc(=O)[nH]c(NC(=O)NCCCC)n2)cc(=O)[nH]1. The number of hydrogen-bond acceptors (Lipinski definition) is 9. The Balaban J connectivity index is 1.68. The van der Waals surface area contributed by atoms with Crippen LogP contribution in [-0.4, -0.2) is 75.4 Å². The van der Waals surface area contributed by atoms with Crippen LogP contribution < -0.4 is 32.4 Å². The summed E-state index contributed by atoms with van der Waals surface area (Å²) in [5.74, 6) is 0.258. The second-order valence-corrected chi connectivity index (χ2v) is 19.1. The van der Waals surface area contributed by atoms with Gasteiger partial charge in [-0.15, -0.1) is 0 Å². The number of nitrogens with one attached hydrogen (secondary N) is 6. The van der Waals surface area contributed by atoms with Gasteiger partial charge in [-0.2, -0.15) is 0 Å². The van der Waals surface area contributed by atoms with Crippen molar-refractivity contribution in [3.8, 4) is 0 Å². The first-order valence-electron chi connectivity index (χ1n) is 16.6. The zero-order valence-corrected chi connectivity index (χ0v) is 30.8. The average molecular weight is 695 g/mol. The van der Waals surface area contributed by atoms with Crippen LogP contribution in [0.1, 0.15) is 76.6 Å². The molecule has 2 aromatic heterocycles. The molecule has 0 aliphatic carbocycles. The van der Waals surface area contributed by atoms with Crippen molar-refractivity contribution in [3.05, 3.63) is 44.2 Å². The molecule has 0 aliphatic rings. The number of urea groups is 2. The standard InChI is InChI=1S/C30H54N8O7Si2/c1-7-9-17-31-29(41)37-27-33-23(21-25(39)35-27)15-11-13-19-43-46(3,4)45-47(5,6)44-20-14-12-16-24-22-26(40)36-28(34-24)38-30(42)32-18-10-8-2/h21-22H,7-20H2,1-6H3,(H3,31,33,35,37,39,41)(H3,32,34,36,38,40,42). The van der Waals surface area contributed by atoms with E-state index < -0.39 is 29.2 Å². The lowest BCUT2D eigenvalue weighted by Gasteiger charge is -2.32. The zero-order chi connectivity index (χ0) is 34.7. The summed E-state index contributed by atoms with van der Waals surface area (Å²) in [4.78, 5) is 61.8. The van der Waals surface area contributed by atoms with Gasteiger partial charge < -0.3 is 23.6 Å². The molecule has 0 saturated carbocycles. The van der Waals surface area contributed by atoms with Crippen LogP contribution in [0.2, 0.25) is 26.2 Å². The number of aromatic nitrogens is 4. The van der Waals surface area contributed by atoms with E-state index in [1.165, 1.54) is 12.1 Å². The average Bonchev–Trinajstić information content (AvgIpc) is 2.96. The number of nitrogens with zero attached hydrogens (tertiary/aromatic N) is 2. The molecule has 0 fully saturated rings. The van der Waals surface area contributed by atoms with Crippen molar-refractivity contribution in [1.82, 2.24) is 30.6 Å². The van der Waals surface area contributed by atoms with E-state index in [2.05, 4.69) is 41.2 Å². The van der Waals surface area contributed by atoms with E-state index in [4.69, 9.17) is 13.0 Å². The molecule has 15 nitrogen and oxygen atoms in total. The van der Waals surface area contributed by atoms with Gasteiger partial charge in [-0.3, -0.25) is 30.2 Å². The quantitative estimate of drug-likeness (QED) is 0.0758. The number of carbonyl (C=O) groups is 2. The van der Waals surface area contributed by atoms with Gasteiger partial charge in [0.2, 0.25) is 11.9 Å². The number of aryl methyl sites for hydroxylation is 2. The minimum absolute atomic E-state index is 0.129. The molecule has 0 atom stereocenters. The molecule has 0 bridgehead atoms. The van der Waals surface area contributed by atoms with E-state index in [9.17, 15) is 19.2 Å². The second-order valence-electron chi connectivity index (χ2n) is 12.2. The Bertz CT molecular complexity index is 1270. The van der Waals surface area contributed by atoms with Crippen LogP contribution in [0.5, 0.6) is 0 Å². The molecule has 264 valence electrons. The third-order valence-corrected chi connectivity index (χ3v) is 12.5. The Kier molecular flexibility index (Phi) is 17.6. The Morgan fingerprint density at radius 3 is 1.47 bits per heavy atom. The van der Waals surface area contributed by atoms with Crippen LogP contribution in [0.15, 0.2) is 21.7 Å². The molecule has 0 spiro atoms. The highest BCUT2D eigenvalue weighted by molar-refractivity contribution is 6.78. The molecule has 2 heterocycles. The van der Waals surface area contributed by atoms with Crippen LogP contribution in [0.4, 0.5) is 21.5 Å². The normalized spacial score (nSPS) is 11.7. The summed E-state index contributed by atoms with van der Waals surface area (Å²) in [5.41, 5.74) is 0.567. The fourth-order valence-electron chi connectivity index (χ4n) is 4.55. The van der Waals surface area contributed by atoms with Gasteiger partial charge in [0.25, 0.3) is 11.1 Å². The summed E-state index contributed by atoms with van der Waals surface area (Å²) < 4.78 is 18.7. The Hall–Kier alpha value is -3.39. The Morgan fingerprint density at radius 2 is 1.09 bits per heavy atom. The summed E-state index contributed by atoms with van der Waals surface area (Å²) >= 11 is 0. The number of amides is 4. The molecule has 6 N–H and O–H groups in total. The highest BCUT2D eigenvalue weighted by atomic mass is 28.5.